The van der Waals surface area contributed by atoms with Crippen molar-refractivity contribution in [2.45, 2.75) is 26.2 Å². The zero-order valence-corrected chi connectivity index (χ0v) is 11.5. The number of benzene rings is 1. The lowest BCUT2D eigenvalue weighted by Gasteiger charge is -2.18. The molecule has 18 heavy (non-hydrogen) atoms. The van der Waals surface area contributed by atoms with Gasteiger partial charge in [-0.2, -0.15) is 4.99 Å². The quantitative estimate of drug-likeness (QED) is 0.567. The van der Waals surface area contributed by atoms with Crippen molar-refractivity contribution in [1.29, 1.82) is 0 Å². The number of hydrogen-bond acceptors (Lipinski definition) is 3. The zero-order chi connectivity index (χ0) is 13.2. The molecule has 2 nitrogen and oxygen atoms in total. The standard InChI is InChI=1S/C15H15NOS/c1-15(2,3)12-6-4-11(5-7-12)13-8-9-14(18-13)16-10-17/h4-9H,1-3H3. The van der Waals surface area contributed by atoms with E-state index >= 15 is 0 Å². The number of isocyanates is 1. The molecule has 3 heteroatoms. The fraction of sp³-hybridized carbons (Fsp3) is 0.267. The monoisotopic (exact) mass is 257 g/mol. The van der Waals surface area contributed by atoms with Gasteiger partial charge in [0.05, 0.1) is 0 Å². The lowest BCUT2D eigenvalue weighted by molar-refractivity contribution is 0.565. The number of hydrogen-bond donors (Lipinski definition) is 0. The van der Waals surface area contributed by atoms with Crippen molar-refractivity contribution in [3.05, 3.63) is 42.0 Å². The number of aliphatic imine (C=N–C) groups is 1. The van der Waals surface area contributed by atoms with Gasteiger partial charge in [-0.25, -0.2) is 4.79 Å². The van der Waals surface area contributed by atoms with Gasteiger partial charge in [-0.1, -0.05) is 45.0 Å². The van der Waals surface area contributed by atoms with E-state index in [0.29, 0.717) is 5.00 Å². The van der Waals surface area contributed by atoms with Crippen LogP contribution < -0.4 is 0 Å². The minimum absolute atomic E-state index is 0.168. The lowest BCUT2D eigenvalue weighted by atomic mass is 9.86. The maximum absolute atomic E-state index is 10.2. The predicted octanol–water partition coefficient (Wildman–Crippen LogP) is 4.68. The number of rotatable bonds is 2. The van der Waals surface area contributed by atoms with Gasteiger partial charge in [-0.3, -0.25) is 0 Å². The predicted molar refractivity (Wildman–Crippen MR) is 76.2 cm³/mol. The van der Waals surface area contributed by atoms with Crippen molar-refractivity contribution in [2.75, 3.05) is 0 Å². The second-order valence-corrected chi connectivity index (χ2v) is 6.23. The van der Waals surface area contributed by atoms with Gasteiger partial charge < -0.3 is 0 Å². The van der Waals surface area contributed by atoms with Gasteiger partial charge >= 0.3 is 0 Å². The maximum atomic E-state index is 10.2. The van der Waals surface area contributed by atoms with Crippen LogP contribution in [0.4, 0.5) is 5.00 Å². The SMILES string of the molecule is CC(C)(C)c1ccc(-c2ccc(N=C=O)s2)cc1. The second-order valence-electron chi connectivity index (χ2n) is 5.17. The summed E-state index contributed by atoms with van der Waals surface area (Å²) in [5.41, 5.74) is 2.63. The van der Waals surface area contributed by atoms with E-state index in [-0.39, 0.29) is 5.41 Å². The Labute approximate surface area is 111 Å². The molecule has 1 heterocycles. The Hall–Kier alpha value is -1.70. The van der Waals surface area contributed by atoms with Crippen molar-refractivity contribution in [2.24, 2.45) is 4.99 Å². The summed E-state index contributed by atoms with van der Waals surface area (Å²) in [6, 6.07) is 12.3. The average Bonchev–Trinajstić information content (AvgIpc) is 2.77. The van der Waals surface area contributed by atoms with E-state index in [1.807, 2.05) is 12.1 Å². The largest absolute Gasteiger partial charge is 0.241 e. The van der Waals surface area contributed by atoms with E-state index in [1.54, 1.807) is 6.08 Å². The van der Waals surface area contributed by atoms with Crippen LogP contribution in [0.5, 0.6) is 0 Å². The van der Waals surface area contributed by atoms with Gasteiger partial charge in [-0.05, 0) is 28.7 Å². The second kappa shape index (κ2) is 4.89. The van der Waals surface area contributed by atoms with E-state index in [1.165, 1.54) is 16.9 Å². The number of carbonyl (C=O) groups excluding carboxylic acids is 1. The molecule has 0 radical (unpaired) electrons. The van der Waals surface area contributed by atoms with Gasteiger partial charge in [0.15, 0.2) is 0 Å². The molecule has 0 saturated carbocycles. The summed E-state index contributed by atoms with van der Waals surface area (Å²) in [5, 5.41) is 0.694. The van der Waals surface area contributed by atoms with Crippen LogP contribution >= 0.6 is 11.3 Å². The van der Waals surface area contributed by atoms with Crippen LogP contribution in [0.3, 0.4) is 0 Å². The van der Waals surface area contributed by atoms with Crippen LogP contribution in [0.15, 0.2) is 41.4 Å². The first-order chi connectivity index (χ1) is 8.50. The third-order valence-corrected chi connectivity index (χ3v) is 3.81. The Morgan fingerprint density at radius 3 is 2.28 bits per heavy atom. The summed E-state index contributed by atoms with van der Waals surface area (Å²) in [4.78, 5) is 14.9. The average molecular weight is 257 g/mol. The molecule has 0 unspecified atom stereocenters. The Bertz CT molecular complexity index is 584. The molecule has 0 N–H and O–H groups in total. The summed E-state index contributed by atoms with van der Waals surface area (Å²) in [7, 11) is 0. The highest BCUT2D eigenvalue weighted by Crippen LogP contribution is 2.34. The van der Waals surface area contributed by atoms with Gasteiger partial charge in [0.1, 0.15) is 5.00 Å². The van der Waals surface area contributed by atoms with Crippen LogP contribution in [0.2, 0.25) is 0 Å². The number of nitrogens with zero attached hydrogens (tertiary/aromatic N) is 1. The Kier molecular flexibility index (Phi) is 3.46. The first-order valence-corrected chi connectivity index (χ1v) is 6.61. The third-order valence-electron chi connectivity index (χ3n) is 2.78. The molecule has 2 aromatic rings. The van der Waals surface area contributed by atoms with Crippen LogP contribution in [0, 0.1) is 0 Å². The summed E-state index contributed by atoms with van der Waals surface area (Å²) < 4.78 is 0. The highest BCUT2D eigenvalue weighted by molar-refractivity contribution is 7.19. The minimum Gasteiger partial charge on any atom is -0.211 e. The summed E-state index contributed by atoms with van der Waals surface area (Å²) in [5.74, 6) is 0. The van der Waals surface area contributed by atoms with E-state index in [9.17, 15) is 4.79 Å². The molecule has 0 atom stereocenters. The molecule has 1 aromatic carbocycles. The van der Waals surface area contributed by atoms with Gasteiger partial charge in [0, 0.05) is 4.88 Å². The highest BCUT2D eigenvalue weighted by Gasteiger charge is 2.13. The van der Waals surface area contributed by atoms with Crippen molar-refractivity contribution in [1.82, 2.24) is 0 Å². The Balaban J connectivity index is 2.31. The molecule has 0 aliphatic rings. The molecule has 0 bridgehead atoms. The van der Waals surface area contributed by atoms with Crippen LogP contribution in [0.1, 0.15) is 26.3 Å². The topological polar surface area (TPSA) is 29.4 Å². The molecule has 2 rings (SSSR count). The first-order valence-electron chi connectivity index (χ1n) is 5.79. The fourth-order valence-corrected chi connectivity index (χ4v) is 2.56. The smallest absolute Gasteiger partial charge is 0.211 e. The van der Waals surface area contributed by atoms with Crippen LogP contribution in [0.25, 0.3) is 10.4 Å². The summed E-state index contributed by atoms with van der Waals surface area (Å²) in [6.45, 7) is 6.60. The molecule has 1 aromatic heterocycles. The molecule has 0 amide bonds. The fourth-order valence-electron chi connectivity index (χ4n) is 1.72. The molecular weight excluding hydrogens is 242 g/mol. The van der Waals surface area contributed by atoms with Crippen molar-refractivity contribution in [3.8, 4) is 10.4 Å². The van der Waals surface area contributed by atoms with Gasteiger partial charge in [-0.15, -0.1) is 11.3 Å². The molecule has 0 aliphatic carbocycles. The number of thiophene rings is 1. The Morgan fingerprint density at radius 1 is 1.06 bits per heavy atom. The molecule has 0 fully saturated rings. The summed E-state index contributed by atoms with van der Waals surface area (Å²) >= 11 is 1.49. The van der Waals surface area contributed by atoms with Crippen molar-refractivity contribution < 1.29 is 4.79 Å². The van der Waals surface area contributed by atoms with Crippen molar-refractivity contribution in [3.63, 3.8) is 0 Å². The highest BCUT2D eigenvalue weighted by atomic mass is 32.1. The molecule has 0 aliphatic heterocycles. The van der Waals surface area contributed by atoms with Gasteiger partial charge in [0.2, 0.25) is 6.08 Å². The molecule has 92 valence electrons. The normalized spacial score (nSPS) is 11.1. The molecular formula is C15H15NOS. The van der Waals surface area contributed by atoms with Crippen LogP contribution in [-0.4, -0.2) is 6.08 Å². The minimum atomic E-state index is 0.168. The van der Waals surface area contributed by atoms with Crippen molar-refractivity contribution >= 4 is 22.4 Å². The van der Waals surface area contributed by atoms with Gasteiger partial charge in [0.25, 0.3) is 0 Å². The maximum Gasteiger partial charge on any atom is 0.241 e. The molecule has 0 spiro atoms. The van der Waals surface area contributed by atoms with E-state index in [4.69, 9.17) is 0 Å². The lowest BCUT2D eigenvalue weighted by Crippen LogP contribution is -2.10. The van der Waals surface area contributed by atoms with Crippen LogP contribution in [-0.2, 0) is 10.2 Å². The van der Waals surface area contributed by atoms with E-state index < -0.39 is 0 Å². The summed E-state index contributed by atoms with van der Waals surface area (Å²) in [6.07, 6.45) is 1.56. The van der Waals surface area contributed by atoms with E-state index in [0.717, 1.165) is 10.4 Å². The zero-order valence-electron chi connectivity index (χ0n) is 10.7. The first kappa shape index (κ1) is 12.7. The third kappa shape index (κ3) is 2.76. The van der Waals surface area contributed by atoms with E-state index in [2.05, 4.69) is 50.0 Å². The Morgan fingerprint density at radius 2 is 1.72 bits per heavy atom. The molecule has 0 saturated heterocycles.